The van der Waals surface area contributed by atoms with Crippen molar-refractivity contribution in [1.29, 1.82) is 0 Å². The molecule has 0 aliphatic carbocycles. The first-order valence-corrected chi connectivity index (χ1v) is 8.58. The number of hydrogen-bond donors (Lipinski definition) is 1. The van der Waals surface area contributed by atoms with Gasteiger partial charge in [-0.1, -0.05) is 23.7 Å². The second-order valence-electron chi connectivity index (χ2n) is 5.58. The van der Waals surface area contributed by atoms with E-state index in [4.69, 9.17) is 20.8 Å². The molecule has 0 saturated heterocycles. The average molecular weight is 359 g/mol. The van der Waals surface area contributed by atoms with Crippen LogP contribution in [0.2, 0.25) is 5.02 Å². The Bertz CT molecular complexity index is 797. The summed E-state index contributed by atoms with van der Waals surface area (Å²) in [6.07, 6.45) is 1.76. The van der Waals surface area contributed by atoms with Crippen molar-refractivity contribution in [3.05, 3.63) is 59.4 Å². The van der Waals surface area contributed by atoms with E-state index in [0.29, 0.717) is 43.3 Å². The van der Waals surface area contributed by atoms with Crippen molar-refractivity contribution in [2.24, 2.45) is 0 Å². The first kappa shape index (κ1) is 17.3. The van der Waals surface area contributed by atoms with Crippen LogP contribution in [0.3, 0.4) is 0 Å². The number of hydrogen-bond acceptors (Lipinski definition) is 4. The van der Waals surface area contributed by atoms with Gasteiger partial charge in [-0.3, -0.25) is 4.79 Å². The van der Waals surface area contributed by atoms with Crippen molar-refractivity contribution >= 4 is 28.6 Å². The summed E-state index contributed by atoms with van der Waals surface area (Å²) in [6, 6.07) is 14.8. The van der Waals surface area contributed by atoms with Crippen LogP contribution < -0.4 is 10.1 Å². The highest BCUT2D eigenvalue weighted by molar-refractivity contribution is 6.30. The van der Waals surface area contributed by atoms with E-state index in [-0.39, 0.29) is 5.91 Å². The molecule has 1 heterocycles. The number of nitrogens with one attached hydrogen (secondary N) is 1. The highest BCUT2D eigenvalue weighted by atomic mass is 35.5. The maximum absolute atomic E-state index is 11.8. The third-order valence-corrected chi connectivity index (χ3v) is 3.89. The molecule has 0 radical (unpaired) electrons. The Morgan fingerprint density at radius 3 is 2.76 bits per heavy atom. The molecule has 6 heteroatoms. The maximum atomic E-state index is 11.8. The monoisotopic (exact) mass is 358 g/mol. The smallest absolute Gasteiger partial charge is 0.220 e. The molecule has 1 amide bonds. The van der Waals surface area contributed by atoms with Crippen LogP contribution in [0.15, 0.2) is 52.9 Å². The molecule has 0 unspecified atom stereocenters. The van der Waals surface area contributed by atoms with Crippen LogP contribution in [0.1, 0.15) is 18.7 Å². The number of amides is 1. The fourth-order valence-corrected chi connectivity index (χ4v) is 2.53. The van der Waals surface area contributed by atoms with Crippen molar-refractivity contribution in [2.45, 2.75) is 19.3 Å². The molecule has 0 spiro atoms. The van der Waals surface area contributed by atoms with E-state index in [9.17, 15) is 4.79 Å². The number of carbonyl (C=O) groups is 1. The summed E-state index contributed by atoms with van der Waals surface area (Å²) in [4.78, 5) is 16.2. The van der Waals surface area contributed by atoms with E-state index in [1.165, 1.54) is 0 Å². The van der Waals surface area contributed by atoms with Crippen molar-refractivity contribution in [1.82, 2.24) is 10.3 Å². The van der Waals surface area contributed by atoms with E-state index in [1.807, 2.05) is 24.3 Å². The lowest BCUT2D eigenvalue weighted by Gasteiger charge is -2.07. The lowest BCUT2D eigenvalue weighted by Crippen LogP contribution is -2.27. The highest BCUT2D eigenvalue weighted by Crippen LogP contribution is 2.16. The van der Waals surface area contributed by atoms with Gasteiger partial charge in [-0.25, -0.2) is 4.98 Å². The van der Waals surface area contributed by atoms with E-state index >= 15 is 0 Å². The summed E-state index contributed by atoms with van der Waals surface area (Å²) in [5.74, 6) is 1.39. The summed E-state index contributed by atoms with van der Waals surface area (Å²) >= 11 is 5.81. The molecule has 0 aliphatic heterocycles. The Hall–Kier alpha value is -2.53. The average Bonchev–Trinajstić information content (AvgIpc) is 3.03. The highest BCUT2D eigenvalue weighted by Gasteiger charge is 2.07. The van der Waals surface area contributed by atoms with Crippen LogP contribution in [0, 0.1) is 0 Å². The second-order valence-corrected chi connectivity index (χ2v) is 6.02. The summed E-state index contributed by atoms with van der Waals surface area (Å²) in [6.45, 7) is 0.878. The van der Waals surface area contributed by atoms with E-state index < -0.39 is 0 Å². The largest absolute Gasteiger partial charge is 0.492 e. The van der Waals surface area contributed by atoms with Crippen LogP contribution in [0.5, 0.6) is 5.75 Å². The molecule has 1 N–H and O–H groups in total. The number of carbonyl (C=O) groups excluding carboxylic acids is 1. The molecular weight excluding hydrogens is 340 g/mol. The molecule has 2 aromatic carbocycles. The predicted molar refractivity (Wildman–Crippen MR) is 96.9 cm³/mol. The first-order chi connectivity index (χ1) is 12.2. The van der Waals surface area contributed by atoms with Gasteiger partial charge in [0.25, 0.3) is 0 Å². The lowest BCUT2D eigenvalue weighted by atomic mass is 10.2. The minimum atomic E-state index is -0.00387. The van der Waals surface area contributed by atoms with Crippen LogP contribution in [0.25, 0.3) is 11.1 Å². The minimum Gasteiger partial charge on any atom is -0.492 e. The van der Waals surface area contributed by atoms with Gasteiger partial charge in [-0.15, -0.1) is 0 Å². The standard InChI is InChI=1S/C19H19ClN2O3/c20-14-8-10-15(11-9-14)24-13-12-21-18(23)6-3-7-19-22-16-4-1-2-5-17(16)25-19/h1-2,4-5,8-11H,3,6-7,12-13H2,(H,21,23). The number of halogens is 1. The summed E-state index contributed by atoms with van der Waals surface area (Å²) in [5.41, 5.74) is 1.63. The fraction of sp³-hybridized carbons (Fsp3) is 0.263. The quantitative estimate of drug-likeness (QED) is 0.618. The molecule has 25 heavy (non-hydrogen) atoms. The van der Waals surface area contributed by atoms with Gasteiger partial charge in [-0.2, -0.15) is 0 Å². The van der Waals surface area contributed by atoms with Gasteiger partial charge in [-0.05, 0) is 42.8 Å². The van der Waals surface area contributed by atoms with Gasteiger partial charge in [0.15, 0.2) is 11.5 Å². The molecule has 0 aliphatic rings. The molecule has 0 atom stereocenters. The Morgan fingerprint density at radius 1 is 1.16 bits per heavy atom. The molecule has 0 bridgehead atoms. The zero-order chi connectivity index (χ0) is 17.5. The van der Waals surface area contributed by atoms with Gasteiger partial charge >= 0.3 is 0 Å². The van der Waals surface area contributed by atoms with Gasteiger partial charge in [0, 0.05) is 17.9 Å². The number of fused-ring (bicyclic) bond motifs is 1. The normalized spacial score (nSPS) is 10.8. The molecule has 130 valence electrons. The number of nitrogens with zero attached hydrogens (tertiary/aromatic N) is 1. The SMILES string of the molecule is O=C(CCCc1nc2ccccc2o1)NCCOc1ccc(Cl)cc1. The van der Waals surface area contributed by atoms with E-state index in [2.05, 4.69) is 10.3 Å². The maximum Gasteiger partial charge on any atom is 0.220 e. The third-order valence-electron chi connectivity index (χ3n) is 3.64. The Kier molecular flexibility index (Phi) is 5.90. The third kappa shape index (κ3) is 5.22. The molecule has 3 rings (SSSR count). The van der Waals surface area contributed by atoms with Crippen LogP contribution in [-0.2, 0) is 11.2 Å². The lowest BCUT2D eigenvalue weighted by molar-refractivity contribution is -0.121. The number of aromatic nitrogens is 1. The van der Waals surface area contributed by atoms with Crippen LogP contribution >= 0.6 is 11.6 Å². The number of para-hydroxylation sites is 2. The van der Waals surface area contributed by atoms with Crippen molar-refractivity contribution < 1.29 is 13.9 Å². The van der Waals surface area contributed by atoms with Gasteiger partial charge in [0.2, 0.25) is 5.91 Å². The molecule has 3 aromatic rings. The van der Waals surface area contributed by atoms with E-state index in [0.717, 1.165) is 16.8 Å². The topological polar surface area (TPSA) is 64.4 Å². The molecule has 5 nitrogen and oxygen atoms in total. The van der Waals surface area contributed by atoms with Crippen molar-refractivity contribution in [3.63, 3.8) is 0 Å². The summed E-state index contributed by atoms with van der Waals surface area (Å²) < 4.78 is 11.2. The number of oxazole rings is 1. The van der Waals surface area contributed by atoms with E-state index in [1.54, 1.807) is 24.3 Å². The van der Waals surface area contributed by atoms with Crippen molar-refractivity contribution in [3.8, 4) is 5.75 Å². The molecular formula is C19H19ClN2O3. The number of benzene rings is 2. The second kappa shape index (κ2) is 8.53. The van der Waals surface area contributed by atoms with Crippen LogP contribution in [0.4, 0.5) is 0 Å². The zero-order valence-corrected chi connectivity index (χ0v) is 14.5. The predicted octanol–water partition coefficient (Wildman–Crippen LogP) is 4.00. The van der Waals surface area contributed by atoms with Gasteiger partial charge in [0.1, 0.15) is 17.9 Å². The van der Waals surface area contributed by atoms with Crippen molar-refractivity contribution in [2.75, 3.05) is 13.2 Å². The number of aryl methyl sites for hydroxylation is 1. The molecule has 0 fully saturated rings. The Morgan fingerprint density at radius 2 is 1.96 bits per heavy atom. The zero-order valence-electron chi connectivity index (χ0n) is 13.7. The minimum absolute atomic E-state index is 0.00387. The number of rotatable bonds is 8. The molecule has 0 saturated carbocycles. The number of ether oxygens (including phenoxy) is 1. The summed E-state index contributed by atoms with van der Waals surface area (Å²) in [7, 11) is 0. The Balaban J connectivity index is 1.32. The van der Waals surface area contributed by atoms with Gasteiger partial charge < -0.3 is 14.5 Å². The molecule has 1 aromatic heterocycles. The Labute approximate surface area is 151 Å². The fourth-order valence-electron chi connectivity index (χ4n) is 2.41. The first-order valence-electron chi connectivity index (χ1n) is 8.20. The van der Waals surface area contributed by atoms with Crippen LogP contribution in [-0.4, -0.2) is 24.0 Å². The summed E-state index contributed by atoms with van der Waals surface area (Å²) in [5, 5.41) is 3.50. The van der Waals surface area contributed by atoms with Gasteiger partial charge in [0.05, 0.1) is 6.54 Å².